The topological polar surface area (TPSA) is 47.9 Å². The maximum Gasteiger partial charge on any atom is 0.338 e. The molecule has 0 atom stereocenters. The minimum Gasteiger partial charge on any atom is -0.496 e. The maximum absolute atomic E-state index is 14.5. The smallest absolute Gasteiger partial charge is 0.338 e. The molecule has 0 aliphatic carbocycles. The van der Waals surface area contributed by atoms with Gasteiger partial charge in [-0.1, -0.05) is 39.5 Å². The quantitative estimate of drug-likeness (QED) is 0.457. The summed E-state index contributed by atoms with van der Waals surface area (Å²) in [4.78, 5) is 16.6. The lowest BCUT2D eigenvalue weighted by atomic mass is 9.95. The monoisotopic (exact) mass is 371 g/mol. The van der Waals surface area contributed by atoms with E-state index in [9.17, 15) is 9.18 Å². The lowest BCUT2D eigenvalue weighted by Crippen LogP contribution is -2.06. The van der Waals surface area contributed by atoms with E-state index >= 15 is 0 Å². The number of hydrogen-bond donors (Lipinski definition) is 0. The van der Waals surface area contributed by atoms with E-state index in [1.54, 1.807) is 36.6 Å². The number of rotatable bonds is 6. The number of halogens is 1. The summed E-state index contributed by atoms with van der Waals surface area (Å²) in [6.07, 6.45) is 4.08. The summed E-state index contributed by atoms with van der Waals surface area (Å²) in [6.45, 7) is 9.71. The predicted octanol–water partition coefficient (Wildman–Crippen LogP) is 6.07. The SMILES string of the molecule is C=Cc1cc(C(=O)OC)c(-c2c(F)cccc2OC)cc1N=CCC.CC. The summed E-state index contributed by atoms with van der Waals surface area (Å²) in [5.74, 6) is -0.752. The Morgan fingerprint density at radius 2 is 1.96 bits per heavy atom. The third-order valence-electron chi connectivity index (χ3n) is 3.67. The Labute approximate surface area is 160 Å². The van der Waals surface area contributed by atoms with Gasteiger partial charge in [0.25, 0.3) is 0 Å². The number of aliphatic imine (C=N–C) groups is 1. The molecule has 2 aromatic rings. The molecule has 2 rings (SSSR count). The van der Waals surface area contributed by atoms with E-state index in [4.69, 9.17) is 9.47 Å². The van der Waals surface area contributed by atoms with Crippen molar-refractivity contribution >= 4 is 23.9 Å². The van der Waals surface area contributed by atoms with Gasteiger partial charge in [-0.3, -0.25) is 4.99 Å². The number of carbonyl (C=O) groups excluding carboxylic acids is 1. The van der Waals surface area contributed by atoms with Crippen molar-refractivity contribution in [1.29, 1.82) is 0 Å². The lowest BCUT2D eigenvalue weighted by molar-refractivity contribution is 0.0601. The van der Waals surface area contributed by atoms with E-state index in [-0.39, 0.29) is 11.1 Å². The Hall–Kier alpha value is -2.95. The molecule has 0 radical (unpaired) electrons. The molecule has 144 valence electrons. The Kier molecular flexibility index (Phi) is 8.93. The molecule has 0 bridgehead atoms. The molecule has 0 aromatic heterocycles. The van der Waals surface area contributed by atoms with E-state index in [1.165, 1.54) is 20.3 Å². The molecule has 27 heavy (non-hydrogen) atoms. The highest BCUT2D eigenvalue weighted by molar-refractivity contribution is 6.00. The number of carbonyl (C=O) groups is 1. The fourth-order valence-electron chi connectivity index (χ4n) is 2.49. The average molecular weight is 371 g/mol. The van der Waals surface area contributed by atoms with E-state index < -0.39 is 11.8 Å². The van der Waals surface area contributed by atoms with Crippen LogP contribution in [-0.2, 0) is 4.74 Å². The molecule has 0 unspecified atom stereocenters. The molecular weight excluding hydrogens is 345 g/mol. The first-order valence-electron chi connectivity index (χ1n) is 8.81. The maximum atomic E-state index is 14.5. The van der Waals surface area contributed by atoms with Crippen LogP contribution in [0.15, 0.2) is 41.9 Å². The van der Waals surface area contributed by atoms with Crippen LogP contribution in [0.5, 0.6) is 5.75 Å². The van der Waals surface area contributed by atoms with Crippen LogP contribution < -0.4 is 4.74 Å². The van der Waals surface area contributed by atoms with E-state index in [0.29, 0.717) is 22.6 Å². The van der Waals surface area contributed by atoms with Crippen molar-refractivity contribution in [2.45, 2.75) is 27.2 Å². The number of nitrogens with zero attached hydrogens (tertiary/aromatic N) is 1. The van der Waals surface area contributed by atoms with Gasteiger partial charge >= 0.3 is 5.97 Å². The molecule has 2 aromatic carbocycles. The van der Waals surface area contributed by atoms with Gasteiger partial charge in [-0.25, -0.2) is 9.18 Å². The second-order valence-corrected chi connectivity index (χ2v) is 5.19. The molecule has 0 heterocycles. The Morgan fingerprint density at radius 1 is 1.26 bits per heavy atom. The van der Waals surface area contributed by atoms with Crippen LogP contribution in [0.2, 0.25) is 0 Å². The Bertz CT molecular complexity index is 829. The molecule has 0 spiro atoms. The summed E-state index contributed by atoms with van der Waals surface area (Å²) >= 11 is 0. The number of benzene rings is 2. The van der Waals surface area contributed by atoms with Gasteiger partial charge in [0, 0.05) is 17.3 Å². The number of methoxy groups -OCH3 is 2. The minimum absolute atomic E-state index is 0.189. The van der Waals surface area contributed by atoms with Crippen LogP contribution >= 0.6 is 0 Å². The summed E-state index contributed by atoms with van der Waals surface area (Å²) in [7, 11) is 2.73. The molecule has 4 nitrogen and oxygen atoms in total. The fourth-order valence-corrected chi connectivity index (χ4v) is 2.49. The van der Waals surface area contributed by atoms with Gasteiger partial charge in [0.2, 0.25) is 0 Å². The zero-order chi connectivity index (χ0) is 20.4. The van der Waals surface area contributed by atoms with Crippen LogP contribution in [0, 0.1) is 5.82 Å². The van der Waals surface area contributed by atoms with Crippen molar-refractivity contribution in [2.75, 3.05) is 14.2 Å². The summed E-state index contributed by atoms with van der Waals surface area (Å²) in [5, 5.41) is 0. The highest BCUT2D eigenvalue weighted by atomic mass is 19.1. The van der Waals surface area contributed by atoms with Gasteiger partial charge in [-0.15, -0.1) is 0 Å². The lowest BCUT2D eigenvalue weighted by Gasteiger charge is -2.15. The highest BCUT2D eigenvalue weighted by Gasteiger charge is 2.21. The van der Waals surface area contributed by atoms with Crippen molar-refractivity contribution in [3.63, 3.8) is 0 Å². The molecule has 0 saturated carbocycles. The van der Waals surface area contributed by atoms with Gasteiger partial charge in [-0.2, -0.15) is 0 Å². The summed E-state index contributed by atoms with van der Waals surface area (Å²) < 4.78 is 24.7. The minimum atomic E-state index is -0.575. The Morgan fingerprint density at radius 3 is 2.52 bits per heavy atom. The zero-order valence-electron chi connectivity index (χ0n) is 16.5. The van der Waals surface area contributed by atoms with Crippen molar-refractivity contribution in [2.24, 2.45) is 4.99 Å². The van der Waals surface area contributed by atoms with Crippen molar-refractivity contribution in [3.05, 3.63) is 53.9 Å². The summed E-state index contributed by atoms with van der Waals surface area (Å²) in [5.41, 5.74) is 2.01. The van der Waals surface area contributed by atoms with Crippen LogP contribution in [0.25, 0.3) is 17.2 Å². The van der Waals surface area contributed by atoms with E-state index in [0.717, 1.165) is 6.42 Å². The molecule has 0 aliphatic heterocycles. The molecule has 0 fully saturated rings. The van der Waals surface area contributed by atoms with Gasteiger partial charge < -0.3 is 9.47 Å². The second kappa shape index (κ2) is 10.9. The van der Waals surface area contributed by atoms with Crippen LogP contribution in [0.3, 0.4) is 0 Å². The standard InChI is InChI=1S/C20H20FNO3.C2H6/c1-5-10-22-17-12-14(15(20(23)25-4)11-13(17)6-2)19-16(21)8-7-9-18(19)24-3;1-2/h6-12H,2,5H2,1,3-4H3;1-2H3. The van der Waals surface area contributed by atoms with Gasteiger partial charge in [-0.05, 0) is 30.7 Å². The second-order valence-electron chi connectivity index (χ2n) is 5.19. The predicted molar refractivity (Wildman–Crippen MR) is 110 cm³/mol. The Balaban J connectivity index is 0.00000176. The summed E-state index contributed by atoms with van der Waals surface area (Å²) in [6, 6.07) is 7.74. The third kappa shape index (κ3) is 5.03. The van der Waals surface area contributed by atoms with Crippen LogP contribution in [0.4, 0.5) is 10.1 Å². The van der Waals surface area contributed by atoms with Crippen molar-refractivity contribution in [3.8, 4) is 16.9 Å². The van der Waals surface area contributed by atoms with Gasteiger partial charge in [0.15, 0.2) is 0 Å². The third-order valence-corrected chi connectivity index (χ3v) is 3.67. The fraction of sp³-hybridized carbons (Fsp3) is 0.273. The van der Waals surface area contributed by atoms with E-state index in [2.05, 4.69) is 11.6 Å². The van der Waals surface area contributed by atoms with Gasteiger partial charge in [0.05, 0.1) is 31.0 Å². The number of esters is 1. The first-order chi connectivity index (χ1) is 13.1. The van der Waals surface area contributed by atoms with Crippen LogP contribution in [-0.4, -0.2) is 26.4 Å². The van der Waals surface area contributed by atoms with Gasteiger partial charge in [0.1, 0.15) is 11.6 Å². The number of ether oxygens (including phenoxy) is 2. The molecule has 0 saturated heterocycles. The normalized spacial score (nSPS) is 10.1. The number of hydrogen-bond acceptors (Lipinski definition) is 4. The average Bonchev–Trinajstić information content (AvgIpc) is 2.72. The molecule has 0 N–H and O–H groups in total. The molecular formula is C22H26FNO3. The largest absolute Gasteiger partial charge is 0.496 e. The molecule has 0 aliphatic rings. The first-order valence-corrected chi connectivity index (χ1v) is 8.81. The van der Waals surface area contributed by atoms with Crippen molar-refractivity contribution in [1.82, 2.24) is 0 Å². The van der Waals surface area contributed by atoms with Crippen LogP contribution in [0.1, 0.15) is 43.1 Å². The van der Waals surface area contributed by atoms with Crippen molar-refractivity contribution < 1.29 is 18.7 Å². The molecule has 5 heteroatoms. The zero-order valence-corrected chi connectivity index (χ0v) is 16.5. The first kappa shape index (κ1) is 22.1. The van der Waals surface area contributed by atoms with E-state index in [1.807, 2.05) is 20.8 Å². The highest BCUT2D eigenvalue weighted by Crippen LogP contribution is 2.38. The molecule has 0 amide bonds.